The molecule has 5 nitrogen and oxygen atoms in total. The number of rotatable bonds is 4. The van der Waals surface area contributed by atoms with Crippen LogP contribution in [0.3, 0.4) is 0 Å². The van der Waals surface area contributed by atoms with Crippen molar-refractivity contribution < 1.29 is 22.1 Å². The van der Waals surface area contributed by atoms with Gasteiger partial charge < -0.3 is 4.74 Å². The summed E-state index contributed by atoms with van der Waals surface area (Å²) in [6, 6.07) is 0. The third kappa shape index (κ3) is 5.09. The van der Waals surface area contributed by atoms with Gasteiger partial charge in [-0.05, 0) is 13.8 Å². The lowest BCUT2D eigenvalue weighted by atomic mass is 10.5. The second kappa shape index (κ2) is 4.42. The molecule has 0 unspecified atom stereocenters. The number of ether oxygens (including phenoxy) is 1. The molecule has 0 aromatic heterocycles. The van der Waals surface area contributed by atoms with Gasteiger partial charge in [0.05, 0.1) is 13.2 Å². The van der Waals surface area contributed by atoms with Crippen molar-refractivity contribution in [3.8, 4) is 0 Å². The Kier molecular flexibility index (Phi) is 4.19. The molecule has 12 heavy (non-hydrogen) atoms. The summed E-state index contributed by atoms with van der Waals surface area (Å²) in [5.74, 6) is -1.53. The quantitative estimate of drug-likeness (QED) is 0.464. The van der Waals surface area contributed by atoms with Gasteiger partial charge in [-0.3, -0.25) is 8.98 Å². The van der Waals surface area contributed by atoms with Crippen LogP contribution in [-0.4, -0.2) is 33.4 Å². The van der Waals surface area contributed by atoms with Crippen molar-refractivity contribution in [2.75, 3.05) is 12.9 Å². The highest BCUT2D eigenvalue weighted by atomic mass is 32.2. The van der Waals surface area contributed by atoms with E-state index < -0.39 is 21.8 Å². The van der Waals surface area contributed by atoms with Crippen molar-refractivity contribution in [2.24, 2.45) is 0 Å². The van der Waals surface area contributed by atoms with E-state index in [1.54, 1.807) is 13.8 Å². The van der Waals surface area contributed by atoms with Crippen LogP contribution in [0.15, 0.2) is 0 Å². The normalized spacial score (nSPS) is 11.7. The van der Waals surface area contributed by atoms with Gasteiger partial charge in [0.1, 0.15) is 0 Å². The van der Waals surface area contributed by atoms with Gasteiger partial charge in [0, 0.05) is 0 Å². The van der Waals surface area contributed by atoms with E-state index in [2.05, 4.69) is 8.92 Å². The standard InChI is InChI=1S/C6H12O5S/c1-5(2)11-6(7)4-12(8,9)10-3/h5H,4H2,1-3H3. The fourth-order valence-corrected chi connectivity index (χ4v) is 0.975. The van der Waals surface area contributed by atoms with E-state index in [0.29, 0.717) is 0 Å². The minimum atomic E-state index is -3.74. The fraction of sp³-hybridized carbons (Fsp3) is 0.833. The number of esters is 1. The molecule has 0 bridgehead atoms. The Labute approximate surface area is 71.8 Å². The van der Waals surface area contributed by atoms with Gasteiger partial charge >= 0.3 is 5.97 Å². The van der Waals surface area contributed by atoms with Crippen molar-refractivity contribution in [3.63, 3.8) is 0 Å². The first-order chi connectivity index (χ1) is 5.37. The third-order valence-electron chi connectivity index (χ3n) is 0.916. The SMILES string of the molecule is COS(=O)(=O)CC(=O)OC(C)C. The van der Waals surface area contributed by atoms with Crippen LogP contribution in [0, 0.1) is 0 Å². The van der Waals surface area contributed by atoms with Gasteiger partial charge in [0.15, 0.2) is 5.75 Å². The molecule has 6 heteroatoms. The second-order valence-corrected chi connectivity index (χ2v) is 4.14. The Morgan fingerprint density at radius 2 is 1.92 bits per heavy atom. The first kappa shape index (κ1) is 11.4. The lowest BCUT2D eigenvalue weighted by molar-refractivity contribution is -0.144. The zero-order chi connectivity index (χ0) is 9.78. The van der Waals surface area contributed by atoms with Crippen molar-refractivity contribution >= 4 is 16.1 Å². The maximum absolute atomic E-state index is 10.7. The van der Waals surface area contributed by atoms with E-state index >= 15 is 0 Å². The van der Waals surface area contributed by atoms with Crippen molar-refractivity contribution in [1.82, 2.24) is 0 Å². The smallest absolute Gasteiger partial charge is 0.323 e. The lowest BCUT2D eigenvalue weighted by Crippen LogP contribution is -2.22. The maximum Gasteiger partial charge on any atom is 0.323 e. The van der Waals surface area contributed by atoms with E-state index in [1.165, 1.54) is 0 Å². The molecule has 0 atom stereocenters. The summed E-state index contributed by atoms with van der Waals surface area (Å²) in [6.45, 7) is 3.27. The Bertz CT molecular complexity index is 241. The van der Waals surface area contributed by atoms with E-state index in [1.807, 2.05) is 0 Å². The molecule has 0 saturated heterocycles. The highest BCUT2D eigenvalue weighted by Gasteiger charge is 2.17. The minimum Gasteiger partial charge on any atom is -0.462 e. The molecule has 0 spiro atoms. The largest absolute Gasteiger partial charge is 0.462 e. The monoisotopic (exact) mass is 196 g/mol. The average molecular weight is 196 g/mol. The molecule has 0 saturated carbocycles. The van der Waals surface area contributed by atoms with Crippen molar-refractivity contribution in [2.45, 2.75) is 20.0 Å². The first-order valence-corrected chi connectivity index (χ1v) is 4.93. The second-order valence-electron chi connectivity index (χ2n) is 2.41. The summed E-state index contributed by atoms with van der Waals surface area (Å²) in [7, 11) is -2.74. The number of carbonyl (C=O) groups is 1. The van der Waals surface area contributed by atoms with Crippen LogP contribution in [0.25, 0.3) is 0 Å². The molecule has 72 valence electrons. The zero-order valence-corrected chi connectivity index (χ0v) is 8.05. The molecule has 0 aromatic rings. The molecule has 0 rings (SSSR count). The summed E-state index contributed by atoms with van der Waals surface area (Å²) in [5.41, 5.74) is 0. The molecule has 0 aromatic carbocycles. The van der Waals surface area contributed by atoms with Gasteiger partial charge in [-0.15, -0.1) is 0 Å². The molecule has 0 radical (unpaired) electrons. The molecular weight excluding hydrogens is 184 g/mol. The van der Waals surface area contributed by atoms with E-state index in [-0.39, 0.29) is 6.10 Å². The van der Waals surface area contributed by atoms with Crippen molar-refractivity contribution in [3.05, 3.63) is 0 Å². The van der Waals surface area contributed by atoms with Crippen LogP contribution in [0.5, 0.6) is 0 Å². The van der Waals surface area contributed by atoms with Crippen LogP contribution in [0.4, 0.5) is 0 Å². The summed E-state index contributed by atoms with van der Waals surface area (Å²) in [4.78, 5) is 10.7. The van der Waals surface area contributed by atoms with Gasteiger partial charge in [-0.1, -0.05) is 0 Å². The maximum atomic E-state index is 10.7. The Morgan fingerprint density at radius 1 is 1.42 bits per heavy atom. The molecule has 0 aliphatic heterocycles. The molecule has 0 aliphatic rings. The van der Waals surface area contributed by atoms with Crippen LogP contribution in [0.2, 0.25) is 0 Å². The molecule has 0 N–H and O–H groups in total. The Balaban J connectivity index is 4.02. The Morgan fingerprint density at radius 3 is 2.25 bits per heavy atom. The van der Waals surface area contributed by atoms with Crippen LogP contribution < -0.4 is 0 Å². The average Bonchev–Trinajstić information content (AvgIpc) is 1.84. The molecule has 0 heterocycles. The summed E-state index contributed by atoms with van der Waals surface area (Å²) in [5, 5.41) is 0. The summed E-state index contributed by atoms with van der Waals surface area (Å²) < 4.78 is 30.0. The third-order valence-corrected chi connectivity index (χ3v) is 2.01. The van der Waals surface area contributed by atoms with Gasteiger partial charge in [0.25, 0.3) is 10.1 Å². The Hall–Kier alpha value is -0.620. The van der Waals surface area contributed by atoms with E-state index in [0.717, 1.165) is 7.11 Å². The first-order valence-electron chi connectivity index (χ1n) is 3.35. The van der Waals surface area contributed by atoms with Crippen LogP contribution >= 0.6 is 0 Å². The lowest BCUT2D eigenvalue weighted by Gasteiger charge is -2.06. The summed E-state index contributed by atoms with van der Waals surface area (Å²) in [6.07, 6.45) is -0.315. The van der Waals surface area contributed by atoms with Crippen LogP contribution in [-0.2, 0) is 23.8 Å². The topological polar surface area (TPSA) is 69.7 Å². The van der Waals surface area contributed by atoms with Gasteiger partial charge in [-0.2, -0.15) is 8.42 Å². The number of hydrogen-bond donors (Lipinski definition) is 0. The molecule has 0 aliphatic carbocycles. The molecule has 0 amide bonds. The highest BCUT2D eigenvalue weighted by Crippen LogP contribution is 1.95. The van der Waals surface area contributed by atoms with Gasteiger partial charge in [-0.25, -0.2) is 0 Å². The number of hydrogen-bond acceptors (Lipinski definition) is 5. The zero-order valence-electron chi connectivity index (χ0n) is 7.23. The molecule has 0 fully saturated rings. The van der Waals surface area contributed by atoms with Crippen molar-refractivity contribution in [1.29, 1.82) is 0 Å². The minimum absolute atomic E-state index is 0.315. The fourth-order valence-electron chi connectivity index (χ4n) is 0.500. The van der Waals surface area contributed by atoms with Gasteiger partial charge in [0.2, 0.25) is 0 Å². The van der Waals surface area contributed by atoms with E-state index in [4.69, 9.17) is 0 Å². The predicted molar refractivity (Wildman–Crippen MR) is 42.0 cm³/mol. The highest BCUT2D eigenvalue weighted by molar-refractivity contribution is 7.87. The van der Waals surface area contributed by atoms with Crippen LogP contribution in [0.1, 0.15) is 13.8 Å². The predicted octanol–water partition coefficient (Wildman–Crippen LogP) is -0.0858. The molecular formula is C6H12O5S. The summed E-state index contributed by atoms with van der Waals surface area (Å²) >= 11 is 0. The number of carbonyl (C=O) groups excluding carboxylic acids is 1. The van der Waals surface area contributed by atoms with E-state index in [9.17, 15) is 13.2 Å².